The van der Waals surface area contributed by atoms with Crippen molar-refractivity contribution < 1.29 is 38.1 Å². The predicted octanol–water partition coefficient (Wildman–Crippen LogP) is 3.97. The topological polar surface area (TPSA) is 134 Å². The number of hydrogen-bond donors (Lipinski definition) is 2. The number of hydrazone groups is 1. The van der Waals surface area contributed by atoms with Gasteiger partial charge in [0, 0.05) is 11.1 Å². The van der Waals surface area contributed by atoms with E-state index in [0.717, 1.165) is 10.8 Å². The van der Waals surface area contributed by atoms with Crippen LogP contribution in [0.2, 0.25) is 0 Å². The van der Waals surface area contributed by atoms with Crippen LogP contribution in [0.25, 0.3) is 10.8 Å². The maximum Gasteiger partial charge on any atom is 0.343 e. The van der Waals surface area contributed by atoms with Gasteiger partial charge in [0.1, 0.15) is 11.5 Å². The monoisotopic (exact) mass is 571 g/mol. The Morgan fingerprint density at radius 3 is 2.10 bits per heavy atom. The molecule has 0 aliphatic heterocycles. The predicted molar refractivity (Wildman–Crippen MR) is 156 cm³/mol. The molecule has 0 bridgehead atoms. The summed E-state index contributed by atoms with van der Waals surface area (Å²) in [5.74, 6) is 0.124. The number of methoxy groups -OCH3 is 4. The summed E-state index contributed by atoms with van der Waals surface area (Å²) in [6.07, 6.45) is 1.39. The van der Waals surface area contributed by atoms with Gasteiger partial charge < -0.3 is 29.0 Å². The van der Waals surface area contributed by atoms with Crippen LogP contribution in [-0.2, 0) is 4.79 Å². The molecule has 0 heterocycles. The number of amides is 2. The van der Waals surface area contributed by atoms with Crippen molar-refractivity contribution in [2.45, 2.75) is 0 Å². The number of carbonyl (C=O) groups is 3. The van der Waals surface area contributed by atoms with E-state index in [2.05, 4.69) is 15.8 Å². The summed E-state index contributed by atoms with van der Waals surface area (Å²) in [6.45, 7) is -0.359. The summed E-state index contributed by atoms with van der Waals surface area (Å²) in [5, 5.41) is 8.21. The van der Waals surface area contributed by atoms with Gasteiger partial charge in [0.05, 0.1) is 46.8 Å². The van der Waals surface area contributed by atoms with E-state index in [1.165, 1.54) is 46.8 Å². The van der Waals surface area contributed by atoms with Crippen LogP contribution in [0.3, 0.4) is 0 Å². The summed E-state index contributed by atoms with van der Waals surface area (Å²) >= 11 is 0. The lowest BCUT2D eigenvalue weighted by Crippen LogP contribution is -2.35. The first-order valence-electron chi connectivity index (χ1n) is 12.7. The fourth-order valence-corrected chi connectivity index (χ4v) is 4.07. The number of fused-ring (bicyclic) bond motifs is 1. The number of nitrogens with one attached hydrogen (secondary N) is 2. The summed E-state index contributed by atoms with van der Waals surface area (Å²) in [7, 11) is 5.87. The van der Waals surface area contributed by atoms with Gasteiger partial charge in [0.15, 0.2) is 11.5 Å². The van der Waals surface area contributed by atoms with E-state index in [0.29, 0.717) is 34.1 Å². The van der Waals surface area contributed by atoms with Crippen molar-refractivity contribution in [1.82, 2.24) is 10.7 Å². The molecule has 0 saturated heterocycles. The van der Waals surface area contributed by atoms with E-state index in [-0.39, 0.29) is 17.9 Å². The van der Waals surface area contributed by atoms with E-state index in [1.54, 1.807) is 30.3 Å². The molecule has 0 spiro atoms. The van der Waals surface area contributed by atoms with E-state index in [1.807, 2.05) is 30.3 Å². The normalized spacial score (nSPS) is 10.7. The Morgan fingerprint density at radius 2 is 1.45 bits per heavy atom. The van der Waals surface area contributed by atoms with Gasteiger partial charge in [-0.3, -0.25) is 9.59 Å². The van der Waals surface area contributed by atoms with Gasteiger partial charge in [-0.15, -0.1) is 0 Å². The number of ether oxygens (including phenoxy) is 5. The first-order valence-corrected chi connectivity index (χ1v) is 12.7. The molecule has 2 N–H and O–H groups in total. The third-order valence-corrected chi connectivity index (χ3v) is 6.18. The molecule has 0 atom stereocenters. The highest BCUT2D eigenvalue weighted by atomic mass is 16.5. The summed E-state index contributed by atoms with van der Waals surface area (Å²) in [4.78, 5) is 38.0. The zero-order chi connectivity index (χ0) is 30.1. The molecule has 0 fully saturated rings. The highest BCUT2D eigenvalue weighted by Crippen LogP contribution is 2.38. The molecular weight excluding hydrogens is 542 g/mol. The van der Waals surface area contributed by atoms with Gasteiger partial charge in [-0.1, -0.05) is 30.3 Å². The van der Waals surface area contributed by atoms with Crippen LogP contribution in [0, 0.1) is 0 Å². The second-order valence-corrected chi connectivity index (χ2v) is 8.71. The summed E-state index contributed by atoms with van der Waals surface area (Å²) in [5.41, 5.74) is 3.41. The molecule has 11 nitrogen and oxygen atoms in total. The van der Waals surface area contributed by atoms with Crippen LogP contribution in [0.4, 0.5) is 0 Å². The minimum absolute atomic E-state index is 0.208. The Balaban J connectivity index is 1.46. The molecule has 216 valence electrons. The van der Waals surface area contributed by atoms with Crippen molar-refractivity contribution in [1.29, 1.82) is 0 Å². The number of esters is 1. The molecule has 11 heteroatoms. The Bertz CT molecular complexity index is 1610. The average molecular weight is 572 g/mol. The van der Waals surface area contributed by atoms with E-state index in [9.17, 15) is 14.4 Å². The molecule has 0 aliphatic carbocycles. The van der Waals surface area contributed by atoms with Crippen molar-refractivity contribution in [3.05, 3.63) is 89.5 Å². The van der Waals surface area contributed by atoms with Crippen molar-refractivity contribution in [3.63, 3.8) is 0 Å². The minimum atomic E-state index is -0.580. The number of hydrogen-bond acceptors (Lipinski definition) is 9. The number of benzene rings is 4. The molecule has 2 amide bonds. The fourth-order valence-electron chi connectivity index (χ4n) is 4.07. The van der Waals surface area contributed by atoms with Crippen molar-refractivity contribution >= 4 is 34.8 Å². The lowest BCUT2D eigenvalue weighted by Gasteiger charge is -2.14. The van der Waals surface area contributed by atoms with E-state index in [4.69, 9.17) is 23.7 Å². The molecule has 0 aliphatic rings. The first-order chi connectivity index (χ1) is 20.4. The molecule has 42 heavy (non-hydrogen) atoms. The maximum atomic E-state index is 12.8. The second-order valence-electron chi connectivity index (χ2n) is 8.71. The molecule has 4 aromatic carbocycles. The maximum absolute atomic E-state index is 12.8. The third kappa shape index (κ3) is 6.76. The van der Waals surface area contributed by atoms with Gasteiger partial charge in [-0.25, -0.2) is 10.2 Å². The molecular formula is C31H29N3O8. The van der Waals surface area contributed by atoms with Crippen LogP contribution in [0.15, 0.2) is 77.9 Å². The lowest BCUT2D eigenvalue weighted by atomic mass is 10.0. The number of nitrogens with zero attached hydrogens (tertiary/aromatic N) is 1. The van der Waals surface area contributed by atoms with Crippen LogP contribution in [0.1, 0.15) is 26.3 Å². The second kappa shape index (κ2) is 13.7. The van der Waals surface area contributed by atoms with E-state index < -0.39 is 17.8 Å². The average Bonchev–Trinajstić information content (AvgIpc) is 3.03. The number of carbonyl (C=O) groups excluding carboxylic acids is 3. The SMILES string of the molecule is COc1ccc(C(=O)Oc2ccc3ccccc3c2/C=N/NC(=O)CNC(=O)c2cc(OC)c(OC)c(OC)c2)cc1. The highest BCUT2D eigenvalue weighted by Gasteiger charge is 2.18. The van der Waals surface area contributed by atoms with Crippen molar-refractivity contribution in [2.24, 2.45) is 5.10 Å². The molecule has 4 aromatic rings. The quantitative estimate of drug-likeness (QED) is 0.120. The van der Waals surface area contributed by atoms with Crippen LogP contribution < -0.4 is 34.4 Å². The zero-order valence-corrected chi connectivity index (χ0v) is 23.4. The molecule has 4 rings (SSSR count). The van der Waals surface area contributed by atoms with Gasteiger partial charge in [-0.05, 0) is 53.2 Å². The summed E-state index contributed by atoms with van der Waals surface area (Å²) < 4.78 is 26.6. The Hall–Kier alpha value is -5.58. The van der Waals surface area contributed by atoms with E-state index >= 15 is 0 Å². The number of rotatable bonds is 11. The smallest absolute Gasteiger partial charge is 0.343 e. The Morgan fingerprint density at radius 1 is 0.762 bits per heavy atom. The largest absolute Gasteiger partial charge is 0.497 e. The lowest BCUT2D eigenvalue weighted by molar-refractivity contribution is -0.120. The first kappa shape index (κ1) is 29.4. The highest BCUT2D eigenvalue weighted by molar-refractivity contribution is 6.04. The van der Waals surface area contributed by atoms with Gasteiger partial charge in [0.25, 0.3) is 11.8 Å². The van der Waals surface area contributed by atoms with Gasteiger partial charge in [-0.2, -0.15) is 5.10 Å². The Kier molecular flexibility index (Phi) is 9.57. The van der Waals surface area contributed by atoms with Crippen LogP contribution in [0.5, 0.6) is 28.7 Å². The van der Waals surface area contributed by atoms with Crippen LogP contribution >= 0.6 is 0 Å². The van der Waals surface area contributed by atoms with Crippen LogP contribution in [-0.4, -0.2) is 59.0 Å². The molecule has 0 saturated carbocycles. The van der Waals surface area contributed by atoms with Gasteiger partial charge >= 0.3 is 5.97 Å². The fraction of sp³-hybridized carbons (Fsp3) is 0.161. The molecule has 0 radical (unpaired) electrons. The van der Waals surface area contributed by atoms with Crippen molar-refractivity contribution in [3.8, 4) is 28.7 Å². The minimum Gasteiger partial charge on any atom is -0.497 e. The van der Waals surface area contributed by atoms with Crippen molar-refractivity contribution in [2.75, 3.05) is 35.0 Å². The Labute approximate surface area is 242 Å². The third-order valence-electron chi connectivity index (χ3n) is 6.18. The molecule has 0 aromatic heterocycles. The standard InChI is InChI=1S/C31H29N3O8/c1-38-22-12-9-20(10-13-22)31(37)42-25-14-11-19-7-5-6-8-23(19)24(25)17-33-34-28(35)18-32-30(36)21-15-26(39-2)29(41-4)27(16-21)40-3/h5-17H,18H2,1-4H3,(H,32,36)(H,34,35)/b33-17+. The zero-order valence-electron chi connectivity index (χ0n) is 23.4. The molecule has 0 unspecified atom stereocenters. The summed E-state index contributed by atoms with van der Waals surface area (Å²) in [6, 6.07) is 20.4. The van der Waals surface area contributed by atoms with Gasteiger partial charge in [0.2, 0.25) is 5.75 Å².